The minimum atomic E-state index is -0.289. The van der Waals surface area contributed by atoms with Crippen molar-refractivity contribution in [2.75, 3.05) is 5.32 Å². The van der Waals surface area contributed by atoms with Crippen LogP contribution in [0.2, 0.25) is 0 Å². The van der Waals surface area contributed by atoms with Crippen molar-refractivity contribution in [1.29, 1.82) is 5.26 Å². The molecule has 0 aliphatic carbocycles. The first-order chi connectivity index (χ1) is 8.19. The van der Waals surface area contributed by atoms with Crippen molar-refractivity contribution >= 4 is 27.3 Å². The highest BCUT2D eigenvalue weighted by Gasteiger charge is 2.01. The summed E-state index contributed by atoms with van der Waals surface area (Å²) in [6.07, 6.45) is 0. The van der Waals surface area contributed by atoms with Crippen LogP contribution in [0, 0.1) is 17.1 Å². The highest BCUT2D eigenvalue weighted by molar-refractivity contribution is 9.10. The number of rotatable bonds is 2. The van der Waals surface area contributed by atoms with Crippen LogP contribution in [0.3, 0.4) is 0 Å². The Morgan fingerprint density at radius 1 is 1.12 bits per heavy atom. The monoisotopic (exact) mass is 290 g/mol. The van der Waals surface area contributed by atoms with E-state index in [-0.39, 0.29) is 5.82 Å². The van der Waals surface area contributed by atoms with E-state index < -0.39 is 0 Å². The largest absolute Gasteiger partial charge is 0.355 e. The molecule has 0 saturated carbocycles. The molecule has 1 N–H and O–H groups in total. The van der Waals surface area contributed by atoms with E-state index in [2.05, 4.69) is 27.3 Å². The minimum Gasteiger partial charge on any atom is -0.355 e. The number of benzene rings is 2. The molecule has 0 aromatic heterocycles. The van der Waals surface area contributed by atoms with Crippen LogP contribution < -0.4 is 5.32 Å². The van der Waals surface area contributed by atoms with Crippen molar-refractivity contribution in [3.63, 3.8) is 0 Å². The standard InChI is InChI=1S/C13H8BrFN2/c14-13-7-12(5-4-9(13)8-16)17-11-3-1-2-10(15)6-11/h1-7,17H. The lowest BCUT2D eigenvalue weighted by Crippen LogP contribution is -1.91. The van der Waals surface area contributed by atoms with Gasteiger partial charge in [-0.15, -0.1) is 0 Å². The average molecular weight is 291 g/mol. The molecule has 0 aliphatic rings. The van der Waals surface area contributed by atoms with Gasteiger partial charge in [-0.1, -0.05) is 6.07 Å². The molecule has 2 rings (SSSR count). The number of anilines is 2. The molecule has 2 aromatic rings. The second-order valence-corrected chi connectivity index (χ2v) is 4.30. The smallest absolute Gasteiger partial charge is 0.125 e. The molecule has 0 radical (unpaired) electrons. The summed E-state index contributed by atoms with van der Waals surface area (Å²) in [5.74, 6) is -0.289. The molecule has 0 fully saturated rings. The molecule has 0 amide bonds. The van der Waals surface area contributed by atoms with Crippen molar-refractivity contribution in [3.8, 4) is 6.07 Å². The van der Waals surface area contributed by atoms with Gasteiger partial charge in [-0.3, -0.25) is 0 Å². The third-order valence-corrected chi connectivity index (χ3v) is 2.86. The number of hydrogen-bond donors (Lipinski definition) is 1. The van der Waals surface area contributed by atoms with Crippen LogP contribution in [0.15, 0.2) is 46.9 Å². The molecule has 0 aliphatic heterocycles. The van der Waals surface area contributed by atoms with Gasteiger partial charge in [0.2, 0.25) is 0 Å². The van der Waals surface area contributed by atoms with Gasteiger partial charge in [0.15, 0.2) is 0 Å². The van der Waals surface area contributed by atoms with Gasteiger partial charge in [0, 0.05) is 15.8 Å². The second-order valence-electron chi connectivity index (χ2n) is 3.44. The molecule has 84 valence electrons. The van der Waals surface area contributed by atoms with Crippen LogP contribution in [-0.4, -0.2) is 0 Å². The van der Waals surface area contributed by atoms with Crippen molar-refractivity contribution in [3.05, 3.63) is 58.3 Å². The first-order valence-electron chi connectivity index (χ1n) is 4.91. The number of nitrogens with one attached hydrogen (secondary N) is 1. The van der Waals surface area contributed by atoms with Crippen LogP contribution in [0.4, 0.5) is 15.8 Å². The fourth-order valence-corrected chi connectivity index (χ4v) is 1.88. The Bertz CT molecular complexity index is 590. The zero-order valence-corrected chi connectivity index (χ0v) is 10.3. The van der Waals surface area contributed by atoms with Gasteiger partial charge < -0.3 is 5.32 Å². The number of nitrogens with zero attached hydrogens (tertiary/aromatic N) is 1. The summed E-state index contributed by atoms with van der Waals surface area (Å²) in [5, 5.41) is 11.8. The lowest BCUT2D eigenvalue weighted by atomic mass is 10.2. The summed E-state index contributed by atoms with van der Waals surface area (Å²) in [5.41, 5.74) is 2.03. The molecular weight excluding hydrogens is 283 g/mol. The lowest BCUT2D eigenvalue weighted by molar-refractivity contribution is 0.628. The molecule has 0 spiro atoms. The molecule has 0 bridgehead atoms. The Hall–Kier alpha value is -1.86. The van der Waals surface area contributed by atoms with Crippen LogP contribution in [0.25, 0.3) is 0 Å². The molecule has 17 heavy (non-hydrogen) atoms. The summed E-state index contributed by atoms with van der Waals surface area (Å²) in [7, 11) is 0. The Morgan fingerprint density at radius 3 is 2.53 bits per heavy atom. The third kappa shape index (κ3) is 2.83. The van der Waals surface area contributed by atoms with Crippen LogP contribution >= 0.6 is 15.9 Å². The van der Waals surface area contributed by atoms with Crippen LogP contribution in [0.5, 0.6) is 0 Å². The molecular formula is C13H8BrFN2. The normalized spacial score (nSPS) is 9.71. The number of halogens is 2. The van der Waals surface area contributed by atoms with E-state index in [1.807, 2.05) is 0 Å². The van der Waals surface area contributed by atoms with E-state index in [1.165, 1.54) is 12.1 Å². The summed E-state index contributed by atoms with van der Waals surface area (Å²) >= 11 is 3.30. The van der Waals surface area contributed by atoms with Crippen LogP contribution in [0.1, 0.15) is 5.56 Å². The van der Waals surface area contributed by atoms with Gasteiger partial charge in [-0.25, -0.2) is 4.39 Å². The molecule has 2 nitrogen and oxygen atoms in total. The maximum atomic E-state index is 13.0. The Balaban J connectivity index is 2.25. The van der Waals surface area contributed by atoms with Gasteiger partial charge >= 0.3 is 0 Å². The first kappa shape index (κ1) is 11.6. The first-order valence-corrected chi connectivity index (χ1v) is 5.70. The highest BCUT2D eigenvalue weighted by Crippen LogP contribution is 2.23. The summed E-state index contributed by atoms with van der Waals surface area (Å²) < 4.78 is 13.7. The predicted octanol–water partition coefficient (Wildman–Crippen LogP) is 4.20. The quantitative estimate of drug-likeness (QED) is 0.900. The van der Waals surface area contributed by atoms with E-state index in [4.69, 9.17) is 5.26 Å². The van der Waals surface area contributed by atoms with E-state index in [9.17, 15) is 4.39 Å². The van der Waals surface area contributed by atoms with Gasteiger partial charge in [0.1, 0.15) is 11.9 Å². The van der Waals surface area contributed by atoms with E-state index in [0.717, 1.165) is 5.69 Å². The maximum Gasteiger partial charge on any atom is 0.125 e. The average Bonchev–Trinajstić information content (AvgIpc) is 2.29. The Labute approximate surface area is 107 Å². The fraction of sp³-hybridized carbons (Fsp3) is 0. The highest BCUT2D eigenvalue weighted by atomic mass is 79.9. The number of nitriles is 1. The lowest BCUT2D eigenvalue weighted by Gasteiger charge is -2.07. The van der Waals surface area contributed by atoms with Gasteiger partial charge in [0.05, 0.1) is 5.56 Å². The second kappa shape index (κ2) is 4.98. The van der Waals surface area contributed by atoms with Crippen molar-refractivity contribution < 1.29 is 4.39 Å². The van der Waals surface area contributed by atoms with Gasteiger partial charge in [-0.05, 0) is 52.3 Å². The molecule has 2 aromatic carbocycles. The van der Waals surface area contributed by atoms with Gasteiger partial charge in [0.25, 0.3) is 0 Å². The number of hydrogen-bond acceptors (Lipinski definition) is 2. The summed E-state index contributed by atoms with van der Waals surface area (Å²) in [4.78, 5) is 0. The zero-order chi connectivity index (χ0) is 12.3. The van der Waals surface area contributed by atoms with E-state index in [0.29, 0.717) is 15.7 Å². The summed E-state index contributed by atoms with van der Waals surface area (Å²) in [6, 6.07) is 13.5. The summed E-state index contributed by atoms with van der Waals surface area (Å²) in [6.45, 7) is 0. The molecule has 4 heteroatoms. The molecule has 0 unspecified atom stereocenters. The SMILES string of the molecule is N#Cc1ccc(Nc2cccc(F)c2)cc1Br. The molecule has 0 heterocycles. The Morgan fingerprint density at radius 2 is 1.88 bits per heavy atom. The minimum absolute atomic E-state index is 0.289. The van der Waals surface area contributed by atoms with E-state index in [1.54, 1.807) is 30.3 Å². The van der Waals surface area contributed by atoms with Crippen molar-refractivity contribution in [1.82, 2.24) is 0 Å². The molecule has 0 atom stereocenters. The molecule has 0 saturated heterocycles. The third-order valence-electron chi connectivity index (χ3n) is 2.20. The van der Waals surface area contributed by atoms with Crippen molar-refractivity contribution in [2.45, 2.75) is 0 Å². The predicted molar refractivity (Wildman–Crippen MR) is 68.5 cm³/mol. The van der Waals surface area contributed by atoms with Gasteiger partial charge in [-0.2, -0.15) is 5.26 Å². The zero-order valence-electron chi connectivity index (χ0n) is 8.74. The maximum absolute atomic E-state index is 13.0. The van der Waals surface area contributed by atoms with Crippen LogP contribution in [-0.2, 0) is 0 Å². The van der Waals surface area contributed by atoms with E-state index >= 15 is 0 Å². The Kier molecular flexibility index (Phi) is 3.40. The fourth-order valence-electron chi connectivity index (χ4n) is 1.42. The van der Waals surface area contributed by atoms with Crippen molar-refractivity contribution in [2.24, 2.45) is 0 Å². The topological polar surface area (TPSA) is 35.8 Å².